The number of carbonyl (C=O) groups excluding carboxylic acids is 1. The van der Waals surface area contributed by atoms with Gasteiger partial charge >= 0.3 is 0 Å². The van der Waals surface area contributed by atoms with Crippen molar-refractivity contribution in [1.29, 1.82) is 0 Å². The van der Waals surface area contributed by atoms with Crippen molar-refractivity contribution >= 4 is 32.6 Å². The SMILES string of the molecule is CC(=O)N1CCN(c2nc3c(C)ccc(C)c3s2)CC1. The molecule has 1 aromatic heterocycles. The Hall–Kier alpha value is -1.62. The summed E-state index contributed by atoms with van der Waals surface area (Å²) in [6.45, 7) is 9.22. The second-order valence-electron chi connectivity index (χ2n) is 5.37. The first-order valence-corrected chi connectivity index (χ1v) is 7.75. The van der Waals surface area contributed by atoms with Crippen molar-refractivity contribution in [2.24, 2.45) is 0 Å². The molecule has 106 valence electrons. The van der Waals surface area contributed by atoms with E-state index in [0.29, 0.717) is 0 Å². The molecule has 3 rings (SSSR count). The molecular formula is C15H19N3OS. The van der Waals surface area contributed by atoms with Gasteiger partial charge in [-0.1, -0.05) is 23.5 Å². The molecule has 0 spiro atoms. The third-order valence-corrected chi connectivity index (χ3v) is 5.18. The van der Waals surface area contributed by atoms with Gasteiger partial charge < -0.3 is 9.80 Å². The number of aromatic nitrogens is 1. The number of carbonyl (C=O) groups is 1. The van der Waals surface area contributed by atoms with Crippen molar-refractivity contribution in [3.8, 4) is 0 Å². The highest BCUT2D eigenvalue weighted by molar-refractivity contribution is 7.22. The van der Waals surface area contributed by atoms with Crippen LogP contribution in [0.4, 0.5) is 5.13 Å². The number of rotatable bonds is 1. The average Bonchev–Trinajstić information content (AvgIpc) is 2.89. The molecule has 5 heteroatoms. The third kappa shape index (κ3) is 2.26. The van der Waals surface area contributed by atoms with Crippen molar-refractivity contribution in [2.45, 2.75) is 20.8 Å². The maximum atomic E-state index is 11.4. The molecule has 20 heavy (non-hydrogen) atoms. The lowest BCUT2D eigenvalue weighted by Gasteiger charge is -2.33. The fourth-order valence-electron chi connectivity index (χ4n) is 2.60. The van der Waals surface area contributed by atoms with Gasteiger partial charge in [0.05, 0.1) is 10.2 Å². The van der Waals surface area contributed by atoms with Crippen LogP contribution in [-0.2, 0) is 4.79 Å². The number of nitrogens with zero attached hydrogens (tertiary/aromatic N) is 3. The van der Waals surface area contributed by atoms with E-state index >= 15 is 0 Å². The zero-order chi connectivity index (χ0) is 14.3. The summed E-state index contributed by atoms with van der Waals surface area (Å²) in [6, 6.07) is 4.29. The molecule has 1 aromatic carbocycles. The lowest BCUT2D eigenvalue weighted by molar-refractivity contribution is -0.129. The van der Waals surface area contributed by atoms with Crippen LogP contribution in [0.2, 0.25) is 0 Å². The number of hydrogen-bond donors (Lipinski definition) is 0. The number of piperazine rings is 1. The van der Waals surface area contributed by atoms with E-state index in [-0.39, 0.29) is 5.91 Å². The Morgan fingerprint density at radius 3 is 2.40 bits per heavy atom. The van der Waals surface area contributed by atoms with Crippen molar-refractivity contribution < 1.29 is 4.79 Å². The molecule has 0 radical (unpaired) electrons. The minimum Gasteiger partial charge on any atom is -0.345 e. The number of anilines is 1. The Kier molecular flexibility index (Phi) is 3.38. The highest BCUT2D eigenvalue weighted by Crippen LogP contribution is 2.33. The predicted molar refractivity (Wildman–Crippen MR) is 83.6 cm³/mol. The topological polar surface area (TPSA) is 36.4 Å². The number of amides is 1. The third-order valence-electron chi connectivity index (χ3n) is 3.93. The Morgan fingerprint density at radius 1 is 1.15 bits per heavy atom. The minimum absolute atomic E-state index is 0.167. The predicted octanol–water partition coefficient (Wildman–Crippen LogP) is 2.58. The molecule has 0 atom stereocenters. The van der Waals surface area contributed by atoms with E-state index in [1.165, 1.54) is 15.8 Å². The average molecular weight is 289 g/mol. The molecule has 1 saturated heterocycles. The van der Waals surface area contributed by atoms with Crippen LogP contribution in [0.5, 0.6) is 0 Å². The molecule has 1 aliphatic rings. The van der Waals surface area contributed by atoms with Gasteiger partial charge in [-0.15, -0.1) is 0 Å². The zero-order valence-electron chi connectivity index (χ0n) is 12.1. The van der Waals surface area contributed by atoms with Crippen LogP contribution in [0.25, 0.3) is 10.2 Å². The number of thiazole rings is 1. The van der Waals surface area contributed by atoms with E-state index in [9.17, 15) is 4.79 Å². The summed E-state index contributed by atoms with van der Waals surface area (Å²) in [4.78, 5) is 20.4. The molecule has 2 aromatic rings. The first-order valence-electron chi connectivity index (χ1n) is 6.93. The highest BCUT2D eigenvalue weighted by atomic mass is 32.1. The summed E-state index contributed by atoms with van der Waals surface area (Å²) < 4.78 is 1.29. The minimum atomic E-state index is 0.167. The highest BCUT2D eigenvalue weighted by Gasteiger charge is 2.21. The number of benzene rings is 1. The van der Waals surface area contributed by atoms with Gasteiger partial charge in [0, 0.05) is 33.1 Å². The summed E-state index contributed by atoms with van der Waals surface area (Å²) >= 11 is 1.77. The van der Waals surface area contributed by atoms with Crippen LogP contribution in [0.1, 0.15) is 18.1 Å². The molecule has 1 aliphatic heterocycles. The van der Waals surface area contributed by atoms with Crippen LogP contribution in [-0.4, -0.2) is 42.0 Å². The van der Waals surface area contributed by atoms with Crippen LogP contribution >= 0.6 is 11.3 Å². The molecular weight excluding hydrogens is 270 g/mol. The van der Waals surface area contributed by atoms with E-state index in [4.69, 9.17) is 4.98 Å². The molecule has 4 nitrogen and oxygen atoms in total. The molecule has 0 N–H and O–H groups in total. The summed E-state index contributed by atoms with van der Waals surface area (Å²) in [6.07, 6.45) is 0. The van der Waals surface area contributed by atoms with Crippen molar-refractivity contribution in [3.05, 3.63) is 23.3 Å². The van der Waals surface area contributed by atoms with E-state index < -0.39 is 0 Å². The van der Waals surface area contributed by atoms with Crippen LogP contribution in [0.15, 0.2) is 12.1 Å². The fourth-order valence-corrected chi connectivity index (χ4v) is 3.76. The fraction of sp³-hybridized carbons (Fsp3) is 0.467. The van der Waals surface area contributed by atoms with Gasteiger partial charge in [-0.25, -0.2) is 4.98 Å². The second kappa shape index (κ2) is 5.05. The second-order valence-corrected chi connectivity index (χ2v) is 6.34. The molecule has 0 unspecified atom stereocenters. The van der Waals surface area contributed by atoms with Crippen LogP contribution in [0, 0.1) is 13.8 Å². The zero-order valence-corrected chi connectivity index (χ0v) is 13.0. The van der Waals surface area contributed by atoms with Gasteiger partial charge in [-0.2, -0.15) is 0 Å². The van der Waals surface area contributed by atoms with Crippen LogP contribution in [0.3, 0.4) is 0 Å². The Morgan fingerprint density at radius 2 is 1.80 bits per heavy atom. The number of aryl methyl sites for hydroxylation is 2. The molecule has 0 aliphatic carbocycles. The van der Waals surface area contributed by atoms with Crippen molar-refractivity contribution in [2.75, 3.05) is 31.1 Å². The first kappa shape index (κ1) is 13.4. The van der Waals surface area contributed by atoms with E-state index in [2.05, 4.69) is 30.9 Å². The van der Waals surface area contributed by atoms with Gasteiger partial charge in [0.25, 0.3) is 0 Å². The smallest absolute Gasteiger partial charge is 0.219 e. The summed E-state index contributed by atoms with van der Waals surface area (Å²) in [7, 11) is 0. The standard InChI is InChI=1S/C15H19N3OS/c1-10-4-5-11(2)14-13(10)16-15(20-14)18-8-6-17(7-9-18)12(3)19/h4-5H,6-9H2,1-3H3. The quantitative estimate of drug-likeness (QED) is 0.809. The molecule has 0 bridgehead atoms. The number of fused-ring (bicyclic) bond motifs is 1. The Balaban J connectivity index is 1.87. The van der Waals surface area contributed by atoms with Crippen molar-refractivity contribution in [1.82, 2.24) is 9.88 Å². The monoisotopic (exact) mass is 289 g/mol. The molecule has 1 fully saturated rings. The van der Waals surface area contributed by atoms with Gasteiger partial charge in [-0.3, -0.25) is 4.79 Å². The van der Waals surface area contributed by atoms with Crippen molar-refractivity contribution in [3.63, 3.8) is 0 Å². The summed E-state index contributed by atoms with van der Waals surface area (Å²) in [5.74, 6) is 0.167. The Labute approximate surface area is 123 Å². The maximum Gasteiger partial charge on any atom is 0.219 e. The van der Waals surface area contributed by atoms with Crippen LogP contribution < -0.4 is 4.90 Å². The molecule has 2 heterocycles. The van der Waals surface area contributed by atoms with Gasteiger partial charge in [-0.05, 0) is 25.0 Å². The normalized spacial score (nSPS) is 15.9. The largest absolute Gasteiger partial charge is 0.345 e. The molecule has 0 saturated carbocycles. The van der Waals surface area contributed by atoms with Gasteiger partial charge in [0.15, 0.2) is 5.13 Å². The van der Waals surface area contributed by atoms with Gasteiger partial charge in [0.2, 0.25) is 5.91 Å². The Bertz CT molecular complexity index is 617. The van der Waals surface area contributed by atoms with E-state index in [1.807, 2.05) is 4.90 Å². The lowest BCUT2D eigenvalue weighted by Crippen LogP contribution is -2.48. The summed E-state index contributed by atoms with van der Waals surface area (Å²) in [5.41, 5.74) is 3.64. The van der Waals surface area contributed by atoms with E-state index in [1.54, 1.807) is 18.3 Å². The number of hydrogen-bond acceptors (Lipinski definition) is 4. The first-order chi connectivity index (χ1) is 9.56. The van der Waals surface area contributed by atoms with E-state index in [0.717, 1.165) is 36.8 Å². The van der Waals surface area contributed by atoms with Gasteiger partial charge in [0.1, 0.15) is 0 Å². The maximum absolute atomic E-state index is 11.4. The lowest BCUT2D eigenvalue weighted by atomic mass is 10.1. The summed E-state index contributed by atoms with van der Waals surface area (Å²) in [5, 5.41) is 1.08. The molecule has 1 amide bonds.